The standard InChI is InChI=1S/C17H19F3N2O3/c1-17(2)9-7-22(15(13(9)17)16(24)25-3)12(23)6-21-14-10(19)4-8(18)5-11(14)20/h4-5,9,13,15,21H,6-7H2,1-3H3/t9-,13-,15-/m0/s1. The molecular formula is C17H19F3N2O3. The third-order valence-corrected chi connectivity index (χ3v) is 5.39. The number of likely N-dealkylation sites (tertiary alicyclic amines) is 1. The Morgan fingerprint density at radius 2 is 1.88 bits per heavy atom. The van der Waals surface area contributed by atoms with Crippen LogP contribution in [-0.4, -0.2) is 43.0 Å². The van der Waals surface area contributed by atoms with Gasteiger partial charge in [0.15, 0.2) is 11.6 Å². The van der Waals surface area contributed by atoms with Gasteiger partial charge in [-0.3, -0.25) is 4.79 Å². The fourth-order valence-electron chi connectivity index (χ4n) is 3.91. The smallest absolute Gasteiger partial charge is 0.328 e. The van der Waals surface area contributed by atoms with Gasteiger partial charge in [0.2, 0.25) is 5.91 Å². The molecule has 2 fully saturated rings. The third-order valence-electron chi connectivity index (χ3n) is 5.39. The molecule has 1 N–H and O–H groups in total. The van der Waals surface area contributed by atoms with Gasteiger partial charge in [-0.05, 0) is 11.3 Å². The Balaban J connectivity index is 1.71. The Morgan fingerprint density at radius 1 is 1.28 bits per heavy atom. The number of nitrogens with zero attached hydrogens (tertiary/aromatic N) is 1. The normalized spacial score (nSPS) is 26.2. The Labute approximate surface area is 143 Å². The van der Waals surface area contributed by atoms with E-state index in [0.717, 1.165) is 0 Å². The average Bonchev–Trinajstić information content (AvgIpc) is 2.90. The molecule has 0 bridgehead atoms. The Bertz CT molecular complexity index is 715. The van der Waals surface area contributed by atoms with Crippen molar-refractivity contribution in [2.75, 3.05) is 25.5 Å². The van der Waals surface area contributed by atoms with E-state index < -0.39 is 47.6 Å². The highest BCUT2D eigenvalue weighted by molar-refractivity contribution is 5.88. The third kappa shape index (κ3) is 2.83. The van der Waals surface area contributed by atoms with Gasteiger partial charge in [-0.1, -0.05) is 13.8 Å². The molecule has 3 rings (SSSR count). The van der Waals surface area contributed by atoms with Crippen molar-refractivity contribution in [1.82, 2.24) is 4.90 Å². The minimum atomic E-state index is -1.12. The summed E-state index contributed by atoms with van der Waals surface area (Å²) in [5.41, 5.74) is -0.618. The summed E-state index contributed by atoms with van der Waals surface area (Å²) >= 11 is 0. The summed E-state index contributed by atoms with van der Waals surface area (Å²) in [6.07, 6.45) is 0. The molecule has 3 atom stereocenters. The summed E-state index contributed by atoms with van der Waals surface area (Å²) in [5, 5.41) is 2.35. The molecule has 136 valence electrons. The van der Waals surface area contributed by atoms with Gasteiger partial charge >= 0.3 is 5.97 Å². The van der Waals surface area contributed by atoms with E-state index in [1.165, 1.54) is 12.0 Å². The maximum Gasteiger partial charge on any atom is 0.328 e. The van der Waals surface area contributed by atoms with E-state index in [-0.39, 0.29) is 17.3 Å². The fourth-order valence-corrected chi connectivity index (χ4v) is 3.91. The molecule has 1 saturated heterocycles. The Kier molecular flexibility index (Phi) is 4.17. The van der Waals surface area contributed by atoms with Crippen molar-refractivity contribution in [3.05, 3.63) is 29.6 Å². The fraction of sp³-hybridized carbons (Fsp3) is 0.529. The molecule has 1 aliphatic heterocycles. The molecule has 1 aromatic rings. The number of rotatable bonds is 4. The number of fused-ring (bicyclic) bond motifs is 1. The second-order valence-electron chi connectivity index (χ2n) is 7.07. The first-order valence-electron chi connectivity index (χ1n) is 7.94. The largest absolute Gasteiger partial charge is 0.467 e. The molecule has 1 aliphatic carbocycles. The number of hydrogen-bond acceptors (Lipinski definition) is 4. The summed E-state index contributed by atoms with van der Waals surface area (Å²) in [6, 6.07) is 0.365. The molecule has 0 unspecified atom stereocenters. The number of methoxy groups -OCH3 is 1. The molecule has 0 spiro atoms. The van der Waals surface area contributed by atoms with Crippen molar-refractivity contribution < 1.29 is 27.5 Å². The van der Waals surface area contributed by atoms with Crippen LogP contribution < -0.4 is 5.32 Å². The van der Waals surface area contributed by atoms with Crippen LogP contribution in [0.25, 0.3) is 0 Å². The van der Waals surface area contributed by atoms with Crippen LogP contribution >= 0.6 is 0 Å². The zero-order valence-corrected chi connectivity index (χ0v) is 14.1. The number of carbonyl (C=O) groups is 2. The lowest BCUT2D eigenvalue weighted by atomic mass is 10.0. The zero-order chi connectivity index (χ0) is 18.5. The van der Waals surface area contributed by atoms with Crippen molar-refractivity contribution in [3.8, 4) is 0 Å². The number of amides is 1. The van der Waals surface area contributed by atoms with Crippen LogP contribution in [0.4, 0.5) is 18.9 Å². The number of benzene rings is 1. The monoisotopic (exact) mass is 356 g/mol. The average molecular weight is 356 g/mol. The summed E-state index contributed by atoms with van der Waals surface area (Å²) in [4.78, 5) is 25.9. The number of nitrogens with one attached hydrogen (secondary N) is 1. The molecule has 0 radical (unpaired) electrons. The molecular weight excluding hydrogens is 337 g/mol. The topological polar surface area (TPSA) is 58.6 Å². The highest BCUT2D eigenvalue weighted by Crippen LogP contribution is 2.64. The van der Waals surface area contributed by atoms with Gasteiger partial charge in [-0.25, -0.2) is 18.0 Å². The van der Waals surface area contributed by atoms with Gasteiger partial charge in [0, 0.05) is 24.6 Å². The molecule has 1 aromatic carbocycles. The number of hydrogen-bond donors (Lipinski definition) is 1. The van der Waals surface area contributed by atoms with Gasteiger partial charge in [-0.15, -0.1) is 0 Å². The van der Waals surface area contributed by atoms with Gasteiger partial charge in [-0.2, -0.15) is 0 Å². The van der Waals surface area contributed by atoms with Crippen LogP contribution in [0.1, 0.15) is 13.8 Å². The predicted octanol–water partition coefficient (Wildman–Crippen LogP) is 2.17. The maximum absolute atomic E-state index is 13.6. The number of anilines is 1. The molecule has 0 aromatic heterocycles. The Morgan fingerprint density at radius 3 is 2.44 bits per heavy atom. The van der Waals surface area contributed by atoms with Crippen molar-refractivity contribution in [3.63, 3.8) is 0 Å². The number of esters is 1. The highest BCUT2D eigenvalue weighted by atomic mass is 19.1. The van der Waals surface area contributed by atoms with E-state index in [0.29, 0.717) is 18.7 Å². The first kappa shape index (κ1) is 17.6. The van der Waals surface area contributed by atoms with Crippen molar-refractivity contribution in [2.24, 2.45) is 17.3 Å². The van der Waals surface area contributed by atoms with Crippen LogP contribution in [0.15, 0.2) is 12.1 Å². The van der Waals surface area contributed by atoms with Gasteiger partial charge in [0.1, 0.15) is 17.5 Å². The SMILES string of the molecule is COC(=O)[C@@H]1[C@@H]2[C@H](CN1C(=O)CNc1c(F)cc(F)cc1F)C2(C)C. The minimum Gasteiger partial charge on any atom is -0.467 e. The maximum atomic E-state index is 13.6. The van der Waals surface area contributed by atoms with E-state index >= 15 is 0 Å². The van der Waals surface area contributed by atoms with Crippen LogP contribution in [0.2, 0.25) is 0 Å². The minimum absolute atomic E-state index is 0.0168. The predicted molar refractivity (Wildman–Crippen MR) is 83.1 cm³/mol. The van der Waals surface area contributed by atoms with E-state index in [1.54, 1.807) is 0 Å². The van der Waals surface area contributed by atoms with Crippen molar-refractivity contribution >= 4 is 17.6 Å². The lowest BCUT2D eigenvalue weighted by Gasteiger charge is -2.29. The molecule has 5 nitrogen and oxygen atoms in total. The van der Waals surface area contributed by atoms with E-state index in [4.69, 9.17) is 4.74 Å². The van der Waals surface area contributed by atoms with Crippen molar-refractivity contribution in [1.29, 1.82) is 0 Å². The lowest BCUT2D eigenvalue weighted by molar-refractivity contribution is -0.152. The lowest BCUT2D eigenvalue weighted by Crippen LogP contribution is -2.47. The summed E-state index contributed by atoms with van der Waals surface area (Å²) in [7, 11) is 1.26. The molecule has 1 heterocycles. The zero-order valence-electron chi connectivity index (χ0n) is 14.1. The highest BCUT2D eigenvalue weighted by Gasteiger charge is 2.69. The number of carbonyl (C=O) groups excluding carboxylic acids is 2. The molecule has 1 saturated carbocycles. The van der Waals surface area contributed by atoms with Gasteiger partial charge in [0.25, 0.3) is 0 Å². The number of ether oxygens (including phenoxy) is 1. The molecule has 1 amide bonds. The molecule has 25 heavy (non-hydrogen) atoms. The number of halogens is 3. The van der Waals surface area contributed by atoms with Crippen LogP contribution in [0.3, 0.4) is 0 Å². The van der Waals surface area contributed by atoms with E-state index in [1.807, 2.05) is 13.8 Å². The summed E-state index contributed by atoms with van der Waals surface area (Å²) in [6.45, 7) is 4.04. The molecule has 8 heteroatoms. The second-order valence-corrected chi connectivity index (χ2v) is 7.07. The van der Waals surface area contributed by atoms with Crippen LogP contribution in [0.5, 0.6) is 0 Å². The molecule has 2 aliphatic rings. The second kappa shape index (κ2) is 5.93. The quantitative estimate of drug-likeness (QED) is 0.840. The van der Waals surface area contributed by atoms with E-state index in [9.17, 15) is 22.8 Å². The Hall–Kier alpha value is -2.25. The summed E-state index contributed by atoms with van der Waals surface area (Å²) < 4.78 is 45.0. The van der Waals surface area contributed by atoms with Gasteiger partial charge < -0.3 is 15.0 Å². The first-order valence-corrected chi connectivity index (χ1v) is 7.94. The first-order chi connectivity index (χ1) is 11.7. The number of piperidine rings is 1. The van der Waals surface area contributed by atoms with Crippen LogP contribution in [0, 0.1) is 34.7 Å². The van der Waals surface area contributed by atoms with Crippen molar-refractivity contribution in [2.45, 2.75) is 19.9 Å². The summed E-state index contributed by atoms with van der Waals surface area (Å²) in [5.74, 6) is -4.05. The van der Waals surface area contributed by atoms with Crippen LogP contribution in [-0.2, 0) is 14.3 Å². The van der Waals surface area contributed by atoms with Gasteiger partial charge in [0.05, 0.1) is 13.7 Å². The van der Waals surface area contributed by atoms with E-state index in [2.05, 4.69) is 5.32 Å².